The average molecular weight is 384 g/mol. The largest absolute Gasteiger partial charge is 0.338 e. The van der Waals surface area contributed by atoms with E-state index in [2.05, 4.69) is 45.9 Å². The third-order valence-electron chi connectivity index (χ3n) is 5.44. The van der Waals surface area contributed by atoms with Crippen LogP contribution < -0.4 is 10.6 Å². The van der Waals surface area contributed by atoms with Crippen molar-refractivity contribution in [3.8, 4) is 0 Å². The summed E-state index contributed by atoms with van der Waals surface area (Å²) >= 11 is 0. The first-order valence-electron chi connectivity index (χ1n) is 10.2. The molecule has 1 saturated heterocycles. The molecule has 0 aromatic heterocycles. The molecule has 2 aromatic carbocycles. The fraction of sp³-hybridized carbons (Fsp3) is 0.435. The predicted octanol–water partition coefficient (Wildman–Crippen LogP) is 4.60. The molecule has 1 fully saturated rings. The van der Waals surface area contributed by atoms with Crippen LogP contribution in [0.4, 0.5) is 14.9 Å². The van der Waals surface area contributed by atoms with Gasteiger partial charge in [-0.15, -0.1) is 0 Å². The van der Waals surface area contributed by atoms with E-state index in [0.29, 0.717) is 17.8 Å². The van der Waals surface area contributed by atoms with Gasteiger partial charge in [0.2, 0.25) is 0 Å². The molecule has 28 heavy (non-hydrogen) atoms. The highest BCUT2D eigenvalue weighted by Crippen LogP contribution is 2.21. The number of carbonyl (C=O) groups is 1. The number of piperidine rings is 1. The van der Waals surface area contributed by atoms with Gasteiger partial charge in [0.1, 0.15) is 5.82 Å². The molecule has 0 unspecified atom stereocenters. The normalized spacial score (nSPS) is 15.4. The molecule has 2 aromatic rings. The van der Waals surface area contributed by atoms with Crippen molar-refractivity contribution < 1.29 is 9.18 Å². The minimum atomic E-state index is -0.312. The van der Waals surface area contributed by atoms with Gasteiger partial charge in [-0.25, -0.2) is 9.18 Å². The molecule has 0 atom stereocenters. The number of anilines is 1. The summed E-state index contributed by atoms with van der Waals surface area (Å²) in [7, 11) is 0. The SMILES string of the molecule is Cc1ccc(NC(=O)NCCCN2CCC(Cc3ccccc3)CC2)cc1F. The van der Waals surface area contributed by atoms with Crippen LogP contribution in [0, 0.1) is 18.7 Å². The van der Waals surface area contributed by atoms with Crippen LogP contribution in [0.1, 0.15) is 30.4 Å². The molecule has 0 saturated carbocycles. The van der Waals surface area contributed by atoms with Crippen molar-refractivity contribution in [3.63, 3.8) is 0 Å². The van der Waals surface area contributed by atoms with E-state index in [4.69, 9.17) is 0 Å². The van der Waals surface area contributed by atoms with Crippen molar-refractivity contribution in [2.45, 2.75) is 32.6 Å². The summed E-state index contributed by atoms with van der Waals surface area (Å²) in [6.45, 7) is 5.57. The van der Waals surface area contributed by atoms with E-state index < -0.39 is 0 Å². The van der Waals surface area contributed by atoms with Crippen LogP contribution in [0.2, 0.25) is 0 Å². The number of hydrogen-bond donors (Lipinski definition) is 2. The summed E-state index contributed by atoms with van der Waals surface area (Å²) in [5, 5.41) is 5.52. The number of likely N-dealkylation sites (tertiary alicyclic amines) is 1. The van der Waals surface area contributed by atoms with E-state index in [0.717, 1.165) is 32.0 Å². The molecule has 0 radical (unpaired) electrons. The smallest absolute Gasteiger partial charge is 0.319 e. The number of carbonyl (C=O) groups excluding carboxylic acids is 1. The molecule has 1 aliphatic heterocycles. The van der Waals surface area contributed by atoms with E-state index >= 15 is 0 Å². The Morgan fingerprint density at radius 2 is 1.89 bits per heavy atom. The van der Waals surface area contributed by atoms with Crippen molar-refractivity contribution in [2.24, 2.45) is 5.92 Å². The monoisotopic (exact) mass is 383 g/mol. The Labute approximate surface area is 167 Å². The van der Waals surface area contributed by atoms with Crippen LogP contribution >= 0.6 is 0 Å². The Kier molecular flexibility index (Phi) is 7.43. The Morgan fingerprint density at radius 3 is 2.61 bits per heavy atom. The number of nitrogens with one attached hydrogen (secondary N) is 2. The van der Waals surface area contributed by atoms with E-state index in [1.807, 2.05) is 0 Å². The number of aryl methyl sites for hydroxylation is 1. The Morgan fingerprint density at radius 1 is 1.14 bits per heavy atom. The average Bonchev–Trinajstić information content (AvgIpc) is 2.70. The molecule has 150 valence electrons. The first-order chi connectivity index (χ1) is 13.6. The Bertz CT molecular complexity index is 758. The molecule has 2 N–H and O–H groups in total. The quantitative estimate of drug-likeness (QED) is 0.686. The number of halogens is 1. The molecule has 4 nitrogen and oxygen atoms in total. The molecule has 5 heteroatoms. The molecule has 2 amide bonds. The van der Waals surface area contributed by atoms with Gasteiger partial charge in [0.15, 0.2) is 0 Å². The minimum absolute atomic E-state index is 0.287. The first kappa shape index (κ1) is 20.3. The Balaban J connectivity index is 1.28. The summed E-state index contributed by atoms with van der Waals surface area (Å²) in [5.41, 5.74) is 2.48. The maximum Gasteiger partial charge on any atom is 0.319 e. The highest BCUT2D eigenvalue weighted by molar-refractivity contribution is 5.89. The lowest BCUT2D eigenvalue weighted by atomic mass is 9.90. The Hall–Kier alpha value is -2.40. The molecule has 0 aliphatic carbocycles. The standard InChI is InChI=1S/C23H30FN3O/c1-18-8-9-21(17-22(18)24)26-23(28)25-12-5-13-27-14-10-20(11-15-27)16-19-6-3-2-4-7-19/h2-4,6-9,17,20H,5,10-16H2,1H3,(H2,25,26,28). The second kappa shape index (κ2) is 10.2. The number of benzene rings is 2. The maximum absolute atomic E-state index is 13.5. The predicted molar refractivity (Wildman–Crippen MR) is 112 cm³/mol. The van der Waals surface area contributed by atoms with Gasteiger partial charge in [0.05, 0.1) is 0 Å². The van der Waals surface area contributed by atoms with Crippen LogP contribution in [0.25, 0.3) is 0 Å². The lowest BCUT2D eigenvalue weighted by Crippen LogP contribution is -2.37. The van der Waals surface area contributed by atoms with Gasteiger partial charge >= 0.3 is 6.03 Å². The first-order valence-corrected chi connectivity index (χ1v) is 10.2. The second-order valence-electron chi connectivity index (χ2n) is 7.67. The number of urea groups is 1. The van der Waals surface area contributed by atoms with Gasteiger partial charge in [-0.1, -0.05) is 36.4 Å². The molecular formula is C23H30FN3O. The van der Waals surface area contributed by atoms with E-state index in [9.17, 15) is 9.18 Å². The van der Waals surface area contributed by atoms with E-state index in [1.54, 1.807) is 19.1 Å². The summed E-state index contributed by atoms with van der Waals surface area (Å²) in [4.78, 5) is 14.4. The fourth-order valence-electron chi connectivity index (χ4n) is 3.71. The van der Waals surface area contributed by atoms with Gasteiger partial charge in [0, 0.05) is 12.2 Å². The van der Waals surface area contributed by atoms with Crippen molar-refractivity contribution in [1.82, 2.24) is 10.2 Å². The van der Waals surface area contributed by atoms with Crippen molar-refractivity contribution >= 4 is 11.7 Å². The van der Waals surface area contributed by atoms with Crippen LogP contribution in [-0.4, -0.2) is 37.1 Å². The zero-order valence-electron chi connectivity index (χ0n) is 16.6. The highest BCUT2D eigenvalue weighted by atomic mass is 19.1. The second-order valence-corrected chi connectivity index (χ2v) is 7.67. The van der Waals surface area contributed by atoms with Crippen molar-refractivity contribution in [2.75, 3.05) is 31.5 Å². The summed E-state index contributed by atoms with van der Waals surface area (Å²) < 4.78 is 13.5. The van der Waals surface area contributed by atoms with Crippen LogP contribution in [0.3, 0.4) is 0 Å². The maximum atomic E-state index is 13.5. The number of rotatable bonds is 7. The molecule has 0 spiro atoms. The minimum Gasteiger partial charge on any atom is -0.338 e. The molecule has 1 heterocycles. The molecular weight excluding hydrogens is 353 g/mol. The molecule has 0 bridgehead atoms. The summed E-state index contributed by atoms with van der Waals surface area (Å²) in [6.07, 6.45) is 4.57. The zero-order valence-corrected chi connectivity index (χ0v) is 16.6. The van der Waals surface area contributed by atoms with Gasteiger partial charge < -0.3 is 15.5 Å². The topological polar surface area (TPSA) is 44.4 Å². The number of nitrogens with zero attached hydrogens (tertiary/aromatic N) is 1. The van der Waals surface area contributed by atoms with Crippen LogP contribution in [0.15, 0.2) is 48.5 Å². The van der Waals surface area contributed by atoms with Crippen LogP contribution in [0.5, 0.6) is 0 Å². The third kappa shape index (κ3) is 6.34. The molecule has 1 aliphatic rings. The molecule has 3 rings (SSSR count). The van der Waals surface area contributed by atoms with Crippen molar-refractivity contribution in [3.05, 3.63) is 65.5 Å². The van der Waals surface area contributed by atoms with Gasteiger partial charge in [0.25, 0.3) is 0 Å². The number of amides is 2. The van der Waals surface area contributed by atoms with Gasteiger partial charge in [-0.2, -0.15) is 0 Å². The lowest BCUT2D eigenvalue weighted by molar-refractivity contribution is 0.182. The van der Waals surface area contributed by atoms with Gasteiger partial charge in [-0.3, -0.25) is 0 Å². The van der Waals surface area contributed by atoms with E-state index in [1.165, 1.54) is 30.9 Å². The number of hydrogen-bond acceptors (Lipinski definition) is 2. The highest BCUT2D eigenvalue weighted by Gasteiger charge is 2.19. The summed E-state index contributed by atoms with van der Waals surface area (Å²) in [6, 6.07) is 15.1. The fourth-order valence-corrected chi connectivity index (χ4v) is 3.71. The zero-order chi connectivity index (χ0) is 19.8. The third-order valence-corrected chi connectivity index (χ3v) is 5.44. The van der Waals surface area contributed by atoms with Crippen LogP contribution in [-0.2, 0) is 6.42 Å². The summed E-state index contributed by atoms with van der Waals surface area (Å²) in [5.74, 6) is 0.464. The lowest BCUT2D eigenvalue weighted by Gasteiger charge is -2.32. The van der Waals surface area contributed by atoms with Crippen molar-refractivity contribution in [1.29, 1.82) is 0 Å². The van der Waals surface area contributed by atoms with Gasteiger partial charge in [-0.05, 0) is 81.4 Å². The van der Waals surface area contributed by atoms with E-state index in [-0.39, 0.29) is 11.8 Å².